The number of carbonyl (C=O) groups excluding carboxylic acids is 1. The first kappa shape index (κ1) is 58.1. The molecule has 2 saturated heterocycles. The van der Waals surface area contributed by atoms with Crippen molar-refractivity contribution in [3.05, 3.63) is 48.6 Å². The minimum atomic E-state index is -1.78. The van der Waals surface area contributed by atoms with Gasteiger partial charge in [0.25, 0.3) is 0 Å². The van der Waals surface area contributed by atoms with E-state index in [-0.39, 0.29) is 12.5 Å². The molecular weight excluding hydrogens is 823 g/mol. The van der Waals surface area contributed by atoms with Crippen LogP contribution in [0.5, 0.6) is 0 Å². The highest BCUT2D eigenvalue weighted by Gasteiger charge is 2.51. The van der Waals surface area contributed by atoms with Crippen LogP contribution in [0.25, 0.3) is 0 Å². The average Bonchev–Trinajstić information content (AvgIpc) is 3.29. The van der Waals surface area contributed by atoms with Gasteiger partial charge in [0.1, 0.15) is 48.8 Å². The van der Waals surface area contributed by atoms with E-state index in [1.165, 1.54) is 51.4 Å². The lowest BCUT2D eigenvalue weighted by Gasteiger charge is -2.46. The molecule has 64 heavy (non-hydrogen) atoms. The highest BCUT2D eigenvalue weighted by atomic mass is 16.7. The van der Waals surface area contributed by atoms with E-state index in [0.29, 0.717) is 12.8 Å². The maximum Gasteiger partial charge on any atom is 0.220 e. The van der Waals surface area contributed by atoms with E-state index >= 15 is 0 Å². The summed E-state index contributed by atoms with van der Waals surface area (Å²) in [6.45, 7) is 2.62. The largest absolute Gasteiger partial charge is 0.394 e. The first-order valence-electron chi connectivity index (χ1n) is 24.9. The number of nitrogens with one attached hydrogen (secondary N) is 1. The predicted molar refractivity (Wildman–Crippen MR) is 249 cm³/mol. The summed E-state index contributed by atoms with van der Waals surface area (Å²) in [7, 11) is 0. The highest BCUT2D eigenvalue weighted by Crippen LogP contribution is 2.30. The first-order chi connectivity index (χ1) is 31.1. The molecule has 1 amide bonds. The third kappa shape index (κ3) is 24.1. The van der Waals surface area contributed by atoms with Crippen molar-refractivity contribution in [3.8, 4) is 0 Å². The summed E-state index contributed by atoms with van der Waals surface area (Å²) in [5.74, 6) is -0.219. The van der Waals surface area contributed by atoms with Crippen molar-refractivity contribution in [3.63, 3.8) is 0 Å². The van der Waals surface area contributed by atoms with E-state index < -0.39 is 86.8 Å². The van der Waals surface area contributed by atoms with Crippen LogP contribution in [-0.4, -0.2) is 140 Å². The number of amides is 1. The molecule has 0 saturated carbocycles. The Balaban J connectivity index is 1.66. The van der Waals surface area contributed by atoms with Crippen molar-refractivity contribution in [2.75, 3.05) is 19.8 Å². The van der Waals surface area contributed by atoms with Gasteiger partial charge in [-0.15, -0.1) is 0 Å². The molecule has 2 heterocycles. The number of hydrogen-bond donors (Lipinski definition) is 9. The summed E-state index contributed by atoms with van der Waals surface area (Å²) >= 11 is 0. The Morgan fingerprint density at radius 3 is 1.66 bits per heavy atom. The molecule has 2 aliphatic rings. The molecule has 12 unspecified atom stereocenters. The fraction of sp³-hybridized carbons (Fsp3) is 0.820. The molecule has 0 spiro atoms. The molecule has 12 atom stereocenters. The van der Waals surface area contributed by atoms with Crippen LogP contribution < -0.4 is 5.32 Å². The van der Waals surface area contributed by atoms with Crippen LogP contribution >= 0.6 is 0 Å². The summed E-state index contributed by atoms with van der Waals surface area (Å²) in [6.07, 6.45) is 26.1. The van der Waals surface area contributed by atoms with Crippen LogP contribution in [0, 0.1) is 0 Å². The molecule has 0 bridgehead atoms. The summed E-state index contributed by atoms with van der Waals surface area (Å²) in [5.41, 5.74) is 0. The summed E-state index contributed by atoms with van der Waals surface area (Å²) in [4.78, 5) is 13.1. The van der Waals surface area contributed by atoms with Gasteiger partial charge in [-0.25, -0.2) is 0 Å². The van der Waals surface area contributed by atoms with Crippen molar-refractivity contribution in [1.82, 2.24) is 5.32 Å². The average molecular weight is 912 g/mol. The second-order valence-electron chi connectivity index (χ2n) is 17.6. The second kappa shape index (κ2) is 37.0. The molecular formula is C50H89NO13. The monoisotopic (exact) mass is 912 g/mol. The van der Waals surface area contributed by atoms with Gasteiger partial charge >= 0.3 is 0 Å². The van der Waals surface area contributed by atoms with Crippen molar-refractivity contribution >= 4 is 5.91 Å². The number of unbranched alkanes of at least 4 members (excludes halogenated alkanes) is 16. The Hall–Kier alpha value is -2.05. The van der Waals surface area contributed by atoms with Gasteiger partial charge in [-0.1, -0.05) is 159 Å². The quantitative estimate of drug-likeness (QED) is 0.0254. The van der Waals surface area contributed by atoms with Crippen LogP contribution in [-0.2, 0) is 23.7 Å². The molecule has 9 N–H and O–H groups in total. The fourth-order valence-electron chi connectivity index (χ4n) is 7.99. The van der Waals surface area contributed by atoms with Gasteiger partial charge in [-0.3, -0.25) is 4.79 Å². The molecule has 372 valence electrons. The van der Waals surface area contributed by atoms with Gasteiger partial charge in [-0.05, 0) is 51.4 Å². The van der Waals surface area contributed by atoms with Gasteiger partial charge in [0, 0.05) is 6.42 Å². The number of ether oxygens (including phenoxy) is 4. The molecule has 2 rings (SSSR count). The van der Waals surface area contributed by atoms with Gasteiger partial charge in [0.2, 0.25) is 5.91 Å². The van der Waals surface area contributed by atoms with Crippen LogP contribution in [0.2, 0.25) is 0 Å². The molecule has 2 aliphatic heterocycles. The topological polar surface area (TPSA) is 228 Å². The van der Waals surface area contributed by atoms with Crippen LogP contribution in [0.1, 0.15) is 168 Å². The van der Waals surface area contributed by atoms with Crippen LogP contribution in [0.3, 0.4) is 0 Å². The van der Waals surface area contributed by atoms with E-state index in [4.69, 9.17) is 18.9 Å². The minimum absolute atomic E-state index is 0.219. The van der Waals surface area contributed by atoms with E-state index in [0.717, 1.165) is 89.9 Å². The number of carbonyl (C=O) groups is 1. The maximum atomic E-state index is 13.1. The predicted octanol–water partition coefficient (Wildman–Crippen LogP) is 6.10. The summed E-state index contributed by atoms with van der Waals surface area (Å²) < 4.78 is 22.6. The lowest BCUT2D eigenvalue weighted by Crippen LogP contribution is -2.65. The van der Waals surface area contributed by atoms with E-state index in [9.17, 15) is 45.6 Å². The molecule has 2 fully saturated rings. The Morgan fingerprint density at radius 1 is 0.578 bits per heavy atom. The Kier molecular flexibility index (Phi) is 33.6. The zero-order valence-corrected chi connectivity index (χ0v) is 39.3. The minimum Gasteiger partial charge on any atom is -0.394 e. The van der Waals surface area contributed by atoms with E-state index in [1.54, 1.807) is 0 Å². The van der Waals surface area contributed by atoms with E-state index in [1.807, 2.05) is 0 Å². The van der Waals surface area contributed by atoms with Crippen molar-refractivity contribution < 1.29 is 64.6 Å². The smallest absolute Gasteiger partial charge is 0.220 e. The molecule has 0 aromatic carbocycles. The Bertz CT molecular complexity index is 1260. The molecule has 0 radical (unpaired) electrons. The zero-order valence-electron chi connectivity index (χ0n) is 39.3. The normalized spacial score (nSPS) is 27.7. The Labute approximate surface area is 384 Å². The molecule has 0 aromatic rings. The number of allylic oxidation sites excluding steroid dienone is 8. The van der Waals surface area contributed by atoms with Gasteiger partial charge in [-0.2, -0.15) is 0 Å². The van der Waals surface area contributed by atoms with Crippen molar-refractivity contribution in [2.45, 2.75) is 242 Å². The maximum absolute atomic E-state index is 13.1. The van der Waals surface area contributed by atoms with Crippen molar-refractivity contribution in [2.24, 2.45) is 0 Å². The molecule has 14 heteroatoms. The van der Waals surface area contributed by atoms with Gasteiger partial charge in [0.05, 0.1) is 32.0 Å². The summed E-state index contributed by atoms with van der Waals surface area (Å²) in [5, 5.41) is 86.3. The second-order valence-corrected chi connectivity index (χ2v) is 17.6. The highest BCUT2D eigenvalue weighted by molar-refractivity contribution is 5.76. The molecule has 14 nitrogen and oxygen atoms in total. The number of aliphatic hydroxyl groups excluding tert-OH is 8. The first-order valence-corrected chi connectivity index (χ1v) is 24.9. The molecule has 0 aromatic heterocycles. The van der Waals surface area contributed by atoms with E-state index in [2.05, 4.69) is 67.8 Å². The number of hydrogen-bond acceptors (Lipinski definition) is 13. The number of aliphatic hydroxyl groups is 8. The fourth-order valence-corrected chi connectivity index (χ4v) is 7.99. The zero-order chi connectivity index (χ0) is 46.8. The number of rotatable bonds is 37. The molecule has 0 aliphatic carbocycles. The van der Waals surface area contributed by atoms with Gasteiger partial charge < -0.3 is 65.1 Å². The summed E-state index contributed by atoms with van der Waals surface area (Å²) in [6, 6.07) is -0.826. The third-order valence-electron chi connectivity index (χ3n) is 12.1. The van der Waals surface area contributed by atoms with Gasteiger partial charge in [0.15, 0.2) is 12.6 Å². The standard InChI is InChI=1S/C50H89NO13/c1-3-5-7-9-10-11-12-13-14-15-16-17-18-19-20-21-22-23-24-25-26-27-28-30-32-34-42(55)51-38(39(54)33-31-29-8-6-4-2)37-61-49-47(60)45(58)48(41(36-53)63-49)64-50-46(59)44(57)43(56)40(35-52)62-50/h5,7,10-11,13-14,16-17,38-41,43-50,52-54,56-60H,3-4,6,8-9,12,15,18-37H2,1-2H3,(H,51,55)/b7-5-,11-10-,14-13-,17-16-. The lowest BCUT2D eigenvalue weighted by atomic mass is 9.97. The van der Waals surface area contributed by atoms with Crippen LogP contribution in [0.15, 0.2) is 48.6 Å². The Morgan fingerprint density at radius 2 is 1.08 bits per heavy atom. The lowest BCUT2D eigenvalue weighted by molar-refractivity contribution is -0.359. The third-order valence-corrected chi connectivity index (χ3v) is 12.1. The SMILES string of the molecule is CC/C=C\C/C=C\C/C=C\C/C=C\CCCCCCCCCCCCCCC(=O)NC(COC1OC(CO)C(OC2OC(CO)C(O)C(O)C2O)C(O)C1O)C(O)CCCCCCC. The van der Waals surface area contributed by atoms with Crippen molar-refractivity contribution in [1.29, 1.82) is 0 Å². The van der Waals surface area contributed by atoms with Crippen LogP contribution in [0.4, 0.5) is 0 Å².